The van der Waals surface area contributed by atoms with Gasteiger partial charge in [0.25, 0.3) is 0 Å². The molecule has 0 spiro atoms. The molecule has 2 aromatic heterocycles. The van der Waals surface area contributed by atoms with Gasteiger partial charge in [-0.1, -0.05) is 65.7 Å². The second-order valence-corrected chi connectivity index (χ2v) is 8.63. The lowest BCUT2D eigenvalue weighted by molar-refractivity contribution is 1.33. The predicted molar refractivity (Wildman–Crippen MR) is 110 cm³/mol. The summed E-state index contributed by atoms with van der Waals surface area (Å²) in [5, 5.41) is 1.04. The van der Waals surface area contributed by atoms with Gasteiger partial charge in [-0.3, -0.25) is 0 Å². The Morgan fingerprint density at radius 2 is 1.72 bits per heavy atom. The van der Waals surface area contributed by atoms with Gasteiger partial charge in [0.15, 0.2) is 0 Å². The highest BCUT2D eigenvalue weighted by atomic mass is 79.9. The van der Waals surface area contributed by atoms with E-state index in [0.29, 0.717) is 10.0 Å². The highest BCUT2D eigenvalue weighted by molar-refractivity contribution is 9.11. The molecule has 2 nitrogen and oxygen atoms in total. The van der Waals surface area contributed by atoms with Crippen LogP contribution in [0.2, 0.25) is 10.0 Å². The smallest absolute Gasteiger partial charge is 0.148 e. The molecule has 4 rings (SSSR count). The molecule has 0 radical (unpaired) electrons. The molecule has 0 bridgehead atoms. The summed E-state index contributed by atoms with van der Waals surface area (Å²) in [5.41, 5.74) is 3.57. The molecule has 0 amide bonds. The first-order valence-electron chi connectivity index (χ1n) is 7.49. The number of hydrogen-bond acceptors (Lipinski definition) is 2. The van der Waals surface area contributed by atoms with Crippen LogP contribution in [-0.4, -0.2) is 9.97 Å². The summed E-state index contributed by atoms with van der Waals surface area (Å²) in [6.07, 6.45) is 0. The van der Waals surface area contributed by atoms with E-state index in [4.69, 9.17) is 28.2 Å². The van der Waals surface area contributed by atoms with E-state index < -0.39 is 0 Å². The van der Waals surface area contributed by atoms with Gasteiger partial charge in [-0.15, -0.1) is 11.3 Å². The minimum Gasteiger partial charge on any atom is -0.337 e. The average Bonchev–Trinajstić information content (AvgIpc) is 3.24. The van der Waals surface area contributed by atoms with Gasteiger partial charge in [0.2, 0.25) is 0 Å². The Balaban J connectivity index is 1.95. The summed E-state index contributed by atoms with van der Waals surface area (Å²) in [5.74, 6) is 0.806. The van der Waals surface area contributed by atoms with E-state index >= 15 is 0 Å². The molecule has 2 aromatic carbocycles. The Morgan fingerprint density at radius 3 is 2.44 bits per heavy atom. The second kappa shape index (κ2) is 6.96. The quantitative estimate of drug-likeness (QED) is 0.343. The maximum Gasteiger partial charge on any atom is 0.148 e. The molecule has 0 unspecified atom stereocenters. The lowest BCUT2D eigenvalue weighted by atomic mass is 10.1. The highest BCUT2D eigenvalue weighted by Crippen LogP contribution is 2.40. The van der Waals surface area contributed by atoms with Crippen LogP contribution in [-0.2, 0) is 0 Å². The zero-order valence-corrected chi connectivity index (χ0v) is 16.7. The zero-order chi connectivity index (χ0) is 17.4. The van der Waals surface area contributed by atoms with Crippen LogP contribution in [0.4, 0.5) is 0 Å². The molecule has 4 aromatic rings. The molecule has 0 aliphatic rings. The highest BCUT2D eigenvalue weighted by Gasteiger charge is 2.18. The third-order valence-corrected chi connectivity index (χ3v) is 6.23. The molecule has 0 saturated carbocycles. The van der Waals surface area contributed by atoms with Crippen molar-refractivity contribution in [3.05, 3.63) is 74.5 Å². The van der Waals surface area contributed by atoms with Crippen LogP contribution in [0.15, 0.2) is 64.5 Å². The Morgan fingerprint density at radius 1 is 0.920 bits per heavy atom. The molecule has 25 heavy (non-hydrogen) atoms. The van der Waals surface area contributed by atoms with Gasteiger partial charge in [-0.25, -0.2) is 4.98 Å². The third-order valence-electron chi connectivity index (χ3n) is 3.78. The van der Waals surface area contributed by atoms with E-state index in [-0.39, 0.29) is 0 Å². The van der Waals surface area contributed by atoms with Crippen LogP contribution >= 0.6 is 50.5 Å². The molecule has 124 valence electrons. The predicted octanol–water partition coefficient (Wildman–Crippen LogP) is 7.54. The number of H-pyrrole nitrogens is 1. The Bertz CT molecular complexity index is 1040. The van der Waals surface area contributed by atoms with Gasteiger partial charge >= 0.3 is 0 Å². The second-order valence-electron chi connectivity index (χ2n) is 5.38. The van der Waals surface area contributed by atoms with E-state index in [1.807, 2.05) is 54.6 Å². The Labute approximate surface area is 167 Å². The third kappa shape index (κ3) is 3.27. The number of thiophene rings is 1. The first-order chi connectivity index (χ1) is 12.1. The molecule has 2 heterocycles. The molecule has 1 N–H and O–H groups in total. The van der Waals surface area contributed by atoms with Gasteiger partial charge in [-0.2, -0.15) is 0 Å². The first kappa shape index (κ1) is 16.9. The molecular formula is C19H11BrCl2N2S. The van der Waals surface area contributed by atoms with Crippen LogP contribution in [0.1, 0.15) is 0 Å². The topological polar surface area (TPSA) is 28.7 Å². The first-order valence-corrected chi connectivity index (χ1v) is 9.85. The van der Waals surface area contributed by atoms with Crippen LogP contribution < -0.4 is 0 Å². The summed E-state index contributed by atoms with van der Waals surface area (Å²) < 4.78 is 1.06. The van der Waals surface area contributed by atoms with Crippen molar-refractivity contribution in [2.24, 2.45) is 0 Å². The SMILES string of the molecule is Clc1cccc(-c2[nH]c(-c3ccc(Br)s3)nc2-c2ccccc2)c1Cl. The van der Waals surface area contributed by atoms with E-state index in [1.165, 1.54) is 0 Å². The van der Waals surface area contributed by atoms with E-state index in [2.05, 4.69) is 20.9 Å². The van der Waals surface area contributed by atoms with Gasteiger partial charge in [0, 0.05) is 11.1 Å². The maximum absolute atomic E-state index is 6.46. The van der Waals surface area contributed by atoms with Crippen LogP contribution in [0, 0.1) is 0 Å². The summed E-state index contributed by atoms with van der Waals surface area (Å²) >= 11 is 17.8. The van der Waals surface area contributed by atoms with Crippen LogP contribution in [0.5, 0.6) is 0 Å². The molecule has 6 heteroatoms. The van der Waals surface area contributed by atoms with Gasteiger partial charge in [0.1, 0.15) is 5.82 Å². The van der Waals surface area contributed by atoms with Crippen LogP contribution in [0.3, 0.4) is 0 Å². The lowest BCUT2D eigenvalue weighted by Gasteiger charge is -2.06. The van der Waals surface area contributed by atoms with Crippen molar-refractivity contribution in [1.29, 1.82) is 0 Å². The number of nitrogens with one attached hydrogen (secondary N) is 1. The summed E-state index contributed by atoms with van der Waals surface area (Å²) in [6, 6.07) is 19.7. The number of hydrogen-bond donors (Lipinski definition) is 1. The van der Waals surface area contributed by atoms with E-state index in [9.17, 15) is 0 Å². The summed E-state index contributed by atoms with van der Waals surface area (Å²) in [7, 11) is 0. The molecule has 0 atom stereocenters. The Hall–Kier alpha value is -1.59. The average molecular weight is 450 g/mol. The number of halogens is 3. The van der Waals surface area contributed by atoms with Crippen LogP contribution in [0.25, 0.3) is 33.2 Å². The fourth-order valence-electron chi connectivity index (χ4n) is 2.63. The number of rotatable bonds is 3. The van der Waals surface area contributed by atoms with Gasteiger partial charge in [0.05, 0.1) is 30.1 Å². The number of nitrogens with zero attached hydrogens (tertiary/aromatic N) is 1. The van der Waals surface area contributed by atoms with Crippen molar-refractivity contribution in [3.63, 3.8) is 0 Å². The molecule has 0 aliphatic carbocycles. The van der Waals surface area contributed by atoms with Crippen molar-refractivity contribution in [2.75, 3.05) is 0 Å². The lowest BCUT2D eigenvalue weighted by Crippen LogP contribution is -1.85. The fourth-order valence-corrected chi connectivity index (χ4v) is 4.35. The fraction of sp³-hybridized carbons (Fsp3) is 0. The number of aromatic amines is 1. The van der Waals surface area contributed by atoms with Crippen molar-refractivity contribution in [3.8, 4) is 33.2 Å². The molecule has 0 fully saturated rings. The standard InChI is InChI=1S/C19H11BrCl2N2S/c20-15-10-9-14(25-15)19-23-17(11-5-2-1-3-6-11)18(24-19)12-7-4-8-13(21)16(12)22/h1-10H,(H,23,24). The molecular weight excluding hydrogens is 439 g/mol. The van der Waals surface area contributed by atoms with Gasteiger partial charge < -0.3 is 4.98 Å². The number of benzene rings is 2. The largest absolute Gasteiger partial charge is 0.337 e. The normalized spacial score (nSPS) is 11.0. The minimum atomic E-state index is 0.518. The van der Waals surface area contributed by atoms with E-state index in [1.54, 1.807) is 17.4 Å². The van der Waals surface area contributed by atoms with Crippen molar-refractivity contribution < 1.29 is 0 Å². The molecule has 0 aliphatic heterocycles. The summed E-state index contributed by atoms with van der Waals surface area (Å²) in [4.78, 5) is 9.32. The van der Waals surface area contributed by atoms with Crippen molar-refractivity contribution in [1.82, 2.24) is 9.97 Å². The van der Waals surface area contributed by atoms with Gasteiger partial charge in [-0.05, 0) is 34.1 Å². The summed E-state index contributed by atoms with van der Waals surface area (Å²) in [6.45, 7) is 0. The maximum atomic E-state index is 6.46. The molecule has 0 saturated heterocycles. The minimum absolute atomic E-state index is 0.518. The monoisotopic (exact) mass is 448 g/mol. The van der Waals surface area contributed by atoms with Crippen molar-refractivity contribution >= 4 is 50.5 Å². The van der Waals surface area contributed by atoms with E-state index in [0.717, 1.165) is 37.0 Å². The zero-order valence-electron chi connectivity index (χ0n) is 12.8. The van der Waals surface area contributed by atoms with Crippen molar-refractivity contribution in [2.45, 2.75) is 0 Å². The number of aromatic nitrogens is 2. The number of imidazole rings is 1. The Kier molecular flexibility index (Phi) is 4.69.